The SMILES string of the molecule is CCCC1CC1NS(=O)(=O)c1cc(CO)cs1. The number of hydrogen-bond acceptors (Lipinski definition) is 4. The summed E-state index contributed by atoms with van der Waals surface area (Å²) in [6.07, 6.45) is 3.13. The van der Waals surface area contributed by atoms with Crippen LogP contribution < -0.4 is 4.72 Å². The number of nitrogens with one attached hydrogen (secondary N) is 1. The van der Waals surface area contributed by atoms with Gasteiger partial charge in [0.05, 0.1) is 6.61 Å². The normalized spacial score (nSPS) is 23.9. The zero-order chi connectivity index (χ0) is 12.5. The molecule has 2 unspecified atom stereocenters. The van der Waals surface area contributed by atoms with E-state index in [0.29, 0.717) is 15.7 Å². The van der Waals surface area contributed by atoms with Gasteiger partial charge in [0.1, 0.15) is 4.21 Å². The molecule has 6 heteroatoms. The molecule has 4 nitrogen and oxygen atoms in total. The van der Waals surface area contributed by atoms with Crippen molar-refractivity contribution in [1.29, 1.82) is 0 Å². The van der Waals surface area contributed by atoms with Gasteiger partial charge in [0.15, 0.2) is 0 Å². The van der Waals surface area contributed by atoms with Gasteiger partial charge in [0, 0.05) is 6.04 Å². The Hall–Kier alpha value is -0.430. The summed E-state index contributed by atoms with van der Waals surface area (Å²) < 4.78 is 27.0. The molecule has 2 rings (SSSR count). The summed E-state index contributed by atoms with van der Waals surface area (Å²) in [6.45, 7) is 1.99. The fraction of sp³-hybridized carbons (Fsp3) is 0.636. The topological polar surface area (TPSA) is 66.4 Å². The van der Waals surface area contributed by atoms with Crippen molar-refractivity contribution in [1.82, 2.24) is 4.72 Å². The minimum atomic E-state index is -3.38. The molecule has 0 spiro atoms. The van der Waals surface area contributed by atoms with Gasteiger partial charge in [0.2, 0.25) is 10.0 Å². The average Bonchev–Trinajstić information content (AvgIpc) is 2.84. The van der Waals surface area contributed by atoms with Crippen molar-refractivity contribution >= 4 is 21.4 Å². The molecule has 0 bridgehead atoms. The van der Waals surface area contributed by atoms with Crippen molar-refractivity contribution in [2.75, 3.05) is 0 Å². The van der Waals surface area contributed by atoms with E-state index in [1.54, 1.807) is 5.38 Å². The largest absolute Gasteiger partial charge is 0.392 e. The molecular formula is C11H17NO3S2. The van der Waals surface area contributed by atoms with E-state index in [4.69, 9.17) is 5.11 Å². The van der Waals surface area contributed by atoms with E-state index < -0.39 is 10.0 Å². The molecule has 0 aliphatic heterocycles. The highest BCUT2D eigenvalue weighted by molar-refractivity contribution is 7.91. The molecule has 2 atom stereocenters. The smallest absolute Gasteiger partial charge is 0.250 e. The molecule has 0 aromatic carbocycles. The van der Waals surface area contributed by atoms with Crippen molar-refractivity contribution in [2.45, 2.75) is 43.0 Å². The lowest BCUT2D eigenvalue weighted by molar-refractivity contribution is 0.282. The maximum atomic E-state index is 12.0. The fourth-order valence-corrected chi connectivity index (χ4v) is 4.45. The highest BCUT2D eigenvalue weighted by Crippen LogP contribution is 2.36. The molecule has 1 aliphatic carbocycles. The first-order valence-corrected chi connectivity index (χ1v) is 8.13. The van der Waals surface area contributed by atoms with Crippen LogP contribution in [-0.4, -0.2) is 19.6 Å². The Morgan fingerprint density at radius 3 is 2.94 bits per heavy atom. The second kappa shape index (κ2) is 5.06. The minimum Gasteiger partial charge on any atom is -0.392 e. The predicted octanol–water partition coefficient (Wildman–Crippen LogP) is 1.71. The molecule has 1 aromatic rings. The van der Waals surface area contributed by atoms with Crippen molar-refractivity contribution in [3.8, 4) is 0 Å². The number of aliphatic hydroxyl groups is 1. The minimum absolute atomic E-state index is 0.111. The van der Waals surface area contributed by atoms with E-state index in [-0.39, 0.29) is 12.6 Å². The molecule has 17 heavy (non-hydrogen) atoms. The molecule has 0 radical (unpaired) electrons. The maximum absolute atomic E-state index is 12.0. The zero-order valence-corrected chi connectivity index (χ0v) is 11.4. The Balaban J connectivity index is 2.00. The molecule has 1 aromatic heterocycles. The Morgan fingerprint density at radius 1 is 1.59 bits per heavy atom. The molecule has 1 saturated carbocycles. The van der Waals surface area contributed by atoms with Gasteiger partial charge < -0.3 is 5.11 Å². The Bertz CT molecular complexity index is 481. The molecule has 96 valence electrons. The van der Waals surface area contributed by atoms with Crippen LogP contribution in [0.5, 0.6) is 0 Å². The molecule has 1 heterocycles. The van der Waals surface area contributed by atoms with Gasteiger partial charge in [-0.1, -0.05) is 13.3 Å². The molecule has 1 aliphatic rings. The first-order valence-electron chi connectivity index (χ1n) is 5.77. The fourth-order valence-electron chi connectivity index (χ4n) is 1.92. The summed E-state index contributed by atoms with van der Waals surface area (Å²) >= 11 is 1.15. The van der Waals surface area contributed by atoms with E-state index in [2.05, 4.69) is 11.6 Å². The van der Waals surface area contributed by atoms with Gasteiger partial charge in [-0.15, -0.1) is 11.3 Å². The first-order chi connectivity index (χ1) is 8.06. The van der Waals surface area contributed by atoms with Gasteiger partial charge >= 0.3 is 0 Å². The van der Waals surface area contributed by atoms with Crippen LogP contribution in [0.15, 0.2) is 15.7 Å². The number of rotatable bonds is 6. The van der Waals surface area contributed by atoms with Crippen LogP contribution in [-0.2, 0) is 16.6 Å². The second-order valence-electron chi connectivity index (χ2n) is 4.44. The van der Waals surface area contributed by atoms with Crippen molar-refractivity contribution in [2.24, 2.45) is 5.92 Å². The predicted molar refractivity (Wildman–Crippen MR) is 67.4 cm³/mol. The lowest BCUT2D eigenvalue weighted by atomic mass is 10.2. The standard InChI is InChI=1S/C11H17NO3S2/c1-2-3-9-5-10(9)12-17(14,15)11-4-8(6-13)7-16-11/h4,7,9-10,12-13H,2-3,5-6H2,1H3. The van der Waals surface area contributed by atoms with Crippen LogP contribution in [0, 0.1) is 5.92 Å². The first kappa shape index (κ1) is 13.0. The number of aliphatic hydroxyl groups excluding tert-OH is 1. The summed E-state index contributed by atoms with van der Waals surface area (Å²) in [7, 11) is -3.38. The number of thiophene rings is 1. The zero-order valence-electron chi connectivity index (χ0n) is 9.72. The average molecular weight is 275 g/mol. The third kappa shape index (κ3) is 3.07. The van der Waals surface area contributed by atoms with Crippen LogP contribution in [0.4, 0.5) is 0 Å². The van der Waals surface area contributed by atoms with Gasteiger partial charge in [-0.2, -0.15) is 0 Å². The molecule has 2 N–H and O–H groups in total. The van der Waals surface area contributed by atoms with Crippen molar-refractivity contribution < 1.29 is 13.5 Å². The van der Waals surface area contributed by atoms with E-state index in [0.717, 1.165) is 30.6 Å². The summed E-state index contributed by atoms with van der Waals surface area (Å²) in [6, 6.07) is 1.64. The lowest BCUT2D eigenvalue weighted by Crippen LogP contribution is -2.26. The monoisotopic (exact) mass is 275 g/mol. The Morgan fingerprint density at radius 2 is 2.35 bits per heavy atom. The third-order valence-electron chi connectivity index (χ3n) is 2.97. The lowest BCUT2D eigenvalue weighted by Gasteiger charge is -2.03. The van der Waals surface area contributed by atoms with Crippen molar-refractivity contribution in [3.63, 3.8) is 0 Å². The quantitative estimate of drug-likeness (QED) is 0.830. The Labute approximate surface area is 106 Å². The summed E-state index contributed by atoms with van der Waals surface area (Å²) in [5, 5.41) is 10.6. The molecular weight excluding hydrogens is 258 g/mol. The summed E-state index contributed by atoms with van der Waals surface area (Å²) in [5.74, 6) is 0.507. The van der Waals surface area contributed by atoms with Crippen LogP contribution in [0.2, 0.25) is 0 Å². The maximum Gasteiger partial charge on any atom is 0.250 e. The second-order valence-corrected chi connectivity index (χ2v) is 7.30. The van der Waals surface area contributed by atoms with Crippen LogP contribution >= 0.6 is 11.3 Å². The van der Waals surface area contributed by atoms with Gasteiger partial charge in [-0.3, -0.25) is 0 Å². The molecule has 1 fully saturated rings. The van der Waals surface area contributed by atoms with Crippen LogP contribution in [0.3, 0.4) is 0 Å². The van der Waals surface area contributed by atoms with E-state index >= 15 is 0 Å². The number of sulfonamides is 1. The number of hydrogen-bond donors (Lipinski definition) is 2. The van der Waals surface area contributed by atoms with E-state index in [9.17, 15) is 8.42 Å². The van der Waals surface area contributed by atoms with Crippen molar-refractivity contribution in [3.05, 3.63) is 17.0 Å². The molecule has 0 saturated heterocycles. The van der Waals surface area contributed by atoms with E-state index in [1.165, 1.54) is 6.07 Å². The third-order valence-corrected chi connectivity index (χ3v) is 5.94. The summed E-state index contributed by atoms with van der Waals surface area (Å²) in [4.78, 5) is 0. The van der Waals surface area contributed by atoms with Gasteiger partial charge in [0.25, 0.3) is 0 Å². The summed E-state index contributed by atoms with van der Waals surface area (Å²) in [5.41, 5.74) is 0.649. The highest BCUT2D eigenvalue weighted by Gasteiger charge is 2.39. The van der Waals surface area contributed by atoms with Gasteiger partial charge in [-0.25, -0.2) is 13.1 Å². The molecule has 0 amide bonds. The van der Waals surface area contributed by atoms with Gasteiger partial charge in [-0.05, 0) is 35.8 Å². The van der Waals surface area contributed by atoms with E-state index in [1.807, 2.05) is 0 Å². The van der Waals surface area contributed by atoms with Crippen LogP contribution in [0.1, 0.15) is 31.7 Å². The highest BCUT2D eigenvalue weighted by atomic mass is 32.2. The Kier molecular flexibility index (Phi) is 3.87. The van der Waals surface area contributed by atoms with Crippen LogP contribution in [0.25, 0.3) is 0 Å².